The second-order valence-corrected chi connectivity index (χ2v) is 5.03. The van der Waals surface area contributed by atoms with E-state index in [4.69, 9.17) is 16.3 Å². The maximum atomic E-state index is 12.9. The molecule has 1 amide bonds. The van der Waals surface area contributed by atoms with Crippen molar-refractivity contribution in [1.29, 1.82) is 0 Å². The quantitative estimate of drug-likeness (QED) is 0.808. The number of halogens is 4. The molecule has 1 aromatic rings. The lowest BCUT2D eigenvalue weighted by Gasteiger charge is -2.12. The van der Waals surface area contributed by atoms with Gasteiger partial charge in [-0.05, 0) is 18.2 Å². The molecule has 8 heteroatoms. The van der Waals surface area contributed by atoms with Gasteiger partial charge < -0.3 is 10.1 Å². The first-order valence-electron chi connectivity index (χ1n) is 6.24. The number of carbonyl (C=O) groups excluding carboxylic acids is 1. The Hall–Kier alpha value is -1.11. The topological polar surface area (TPSA) is 50.4 Å². The monoisotopic (exact) mass is 340 g/mol. The molecule has 0 spiro atoms. The highest BCUT2D eigenvalue weighted by Crippen LogP contribution is 2.25. The molecule has 1 unspecified atom stereocenters. The third-order valence-electron chi connectivity index (χ3n) is 2.89. The standard InChI is InChI=1S/C13H15ClF2N2O2.ClH/c14-9-2-1-3-10(6-9)20-5-4-17-12(19)11-7-13(15,16)8-18-11;/h1-3,6,11,18H,4-5,7-8H2,(H,17,19);1H. The SMILES string of the molecule is Cl.O=C(NCCOc1cccc(Cl)c1)C1CC(F)(F)CN1. The van der Waals surface area contributed by atoms with Gasteiger partial charge in [0, 0.05) is 11.4 Å². The summed E-state index contributed by atoms with van der Waals surface area (Å²) in [6.07, 6.45) is -0.464. The van der Waals surface area contributed by atoms with E-state index in [0.29, 0.717) is 10.8 Å². The lowest BCUT2D eigenvalue weighted by molar-refractivity contribution is -0.123. The molecular formula is C13H16Cl2F2N2O2. The molecule has 1 fully saturated rings. The van der Waals surface area contributed by atoms with Gasteiger partial charge in [0.1, 0.15) is 12.4 Å². The first-order valence-corrected chi connectivity index (χ1v) is 6.61. The number of alkyl halides is 2. The first kappa shape index (κ1) is 17.9. The molecule has 0 radical (unpaired) electrons. The summed E-state index contributed by atoms with van der Waals surface area (Å²) in [5.41, 5.74) is 0. The van der Waals surface area contributed by atoms with E-state index in [1.807, 2.05) is 0 Å². The minimum Gasteiger partial charge on any atom is -0.492 e. The van der Waals surface area contributed by atoms with Gasteiger partial charge in [-0.1, -0.05) is 17.7 Å². The van der Waals surface area contributed by atoms with Crippen LogP contribution >= 0.6 is 24.0 Å². The number of amides is 1. The average molecular weight is 341 g/mol. The molecule has 1 aliphatic rings. The summed E-state index contributed by atoms with van der Waals surface area (Å²) < 4.78 is 31.2. The minimum absolute atomic E-state index is 0. The van der Waals surface area contributed by atoms with Crippen LogP contribution in [0.15, 0.2) is 24.3 Å². The van der Waals surface area contributed by atoms with Crippen molar-refractivity contribution in [1.82, 2.24) is 10.6 Å². The molecule has 1 aliphatic heterocycles. The van der Waals surface area contributed by atoms with Crippen molar-refractivity contribution in [3.63, 3.8) is 0 Å². The van der Waals surface area contributed by atoms with Crippen LogP contribution in [-0.2, 0) is 4.79 Å². The molecular weight excluding hydrogens is 325 g/mol. The largest absolute Gasteiger partial charge is 0.492 e. The van der Waals surface area contributed by atoms with Crippen LogP contribution < -0.4 is 15.4 Å². The van der Waals surface area contributed by atoms with Crippen LogP contribution in [0.4, 0.5) is 8.78 Å². The molecule has 4 nitrogen and oxygen atoms in total. The Morgan fingerprint density at radius 1 is 1.52 bits per heavy atom. The van der Waals surface area contributed by atoms with E-state index in [2.05, 4.69) is 10.6 Å². The smallest absolute Gasteiger partial charge is 0.262 e. The normalized spacial score (nSPS) is 19.7. The summed E-state index contributed by atoms with van der Waals surface area (Å²) in [7, 11) is 0. The molecule has 1 heterocycles. The second kappa shape index (κ2) is 7.77. The zero-order chi connectivity index (χ0) is 14.6. The summed E-state index contributed by atoms with van der Waals surface area (Å²) >= 11 is 5.79. The van der Waals surface area contributed by atoms with Crippen molar-refractivity contribution in [2.45, 2.75) is 18.4 Å². The summed E-state index contributed by atoms with van der Waals surface area (Å²) in [5.74, 6) is -2.65. The third kappa shape index (κ3) is 5.65. The average Bonchev–Trinajstić information content (AvgIpc) is 2.75. The Kier molecular flexibility index (Phi) is 6.64. The Morgan fingerprint density at radius 3 is 2.90 bits per heavy atom. The number of nitrogens with one attached hydrogen (secondary N) is 2. The van der Waals surface area contributed by atoms with Gasteiger partial charge in [0.2, 0.25) is 5.91 Å². The van der Waals surface area contributed by atoms with Crippen LogP contribution in [0.1, 0.15) is 6.42 Å². The van der Waals surface area contributed by atoms with Crippen LogP contribution in [0.2, 0.25) is 5.02 Å². The zero-order valence-electron chi connectivity index (χ0n) is 11.1. The molecule has 0 bridgehead atoms. The predicted molar refractivity (Wildman–Crippen MR) is 78.6 cm³/mol. The fraction of sp³-hybridized carbons (Fsp3) is 0.462. The number of rotatable bonds is 5. The van der Waals surface area contributed by atoms with Gasteiger partial charge in [0.15, 0.2) is 0 Å². The van der Waals surface area contributed by atoms with E-state index in [0.717, 1.165) is 0 Å². The zero-order valence-corrected chi connectivity index (χ0v) is 12.6. The fourth-order valence-electron chi connectivity index (χ4n) is 1.92. The number of hydrogen-bond acceptors (Lipinski definition) is 3. The Morgan fingerprint density at radius 2 is 2.29 bits per heavy atom. The number of hydrogen-bond donors (Lipinski definition) is 2. The highest BCUT2D eigenvalue weighted by Gasteiger charge is 2.42. The molecule has 2 rings (SSSR count). The van der Waals surface area contributed by atoms with E-state index in [-0.39, 0.29) is 25.6 Å². The Bertz CT molecular complexity index is 489. The van der Waals surface area contributed by atoms with E-state index >= 15 is 0 Å². The van der Waals surface area contributed by atoms with Gasteiger partial charge in [-0.25, -0.2) is 8.78 Å². The van der Waals surface area contributed by atoms with E-state index in [9.17, 15) is 13.6 Å². The molecule has 118 valence electrons. The molecule has 21 heavy (non-hydrogen) atoms. The number of carbonyl (C=O) groups is 1. The van der Waals surface area contributed by atoms with Crippen molar-refractivity contribution in [3.8, 4) is 5.75 Å². The van der Waals surface area contributed by atoms with Gasteiger partial charge in [0.25, 0.3) is 5.92 Å². The highest BCUT2D eigenvalue weighted by atomic mass is 35.5. The van der Waals surface area contributed by atoms with Crippen molar-refractivity contribution in [3.05, 3.63) is 29.3 Å². The Balaban J connectivity index is 0.00000220. The Labute approximate surface area is 132 Å². The van der Waals surface area contributed by atoms with Gasteiger partial charge in [-0.3, -0.25) is 10.1 Å². The summed E-state index contributed by atoms with van der Waals surface area (Å²) in [4.78, 5) is 11.6. The first-order chi connectivity index (χ1) is 9.46. The summed E-state index contributed by atoms with van der Waals surface area (Å²) in [6, 6.07) is 6.04. The number of benzene rings is 1. The van der Waals surface area contributed by atoms with Crippen LogP contribution in [0.25, 0.3) is 0 Å². The van der Waals surface area contributed by atoms with Crippen molar-refractivity contribution >= 4 is 29.9 Å². The molecule has 2 N–H and O–H groups in total. The third-order valence-corrected chi connectivity index (χ3v) is 3.13. The van der Waals surface area contributed by atoms with Crippen molar-refractivity contribution < 1.29 is 18.3 Å². The molecule has 1 atom stereocenters. The van der Waals surface area contributed by atoms with Crippen molar-refractivity contribution in [2.75, 3.05) is 19.7 Å². The van der Waals surface area contributed by atoms with Gasteiger partial charge in [-0.2, -0.15) is 0 Å². The highest BCUT2D eigenvalue weighted by molar-refractivity contribution is 6.30. The van der Waals surface area contributed by atoms with Crippen LogP contribution in [-0.4, -0.2) is 37.6 Å². The lowest BCUT2D eigenvalue weighted by Crippen LogP contribution is -2.41. The second-order valence-electron chi connectivity index (χ2n) is 4.59. The molecule has 0 aromatic heterocycles. The minimum atomic E-state index is -2.81. The summed E-state index contributed by atoms with van der Waals surface area (Å²) in [6.45, 7) is 0.0361. The predicted octanol–water partition coefficient (Wildman–Crippen LogP) is 2.25. The number of ether oxygens (including phenoxy) is 1. The van der Waals surface area contributed by atoms with Crippen molar-refractivity contribution in [2.24, 2.45) is 0 Å². The van der Waals surface area contributed by atoms with Crippen LogP contribution in [0, 0.1) is 0 Å². The van der Waals surface area contributed by atoms with Crippen LogP contribution in [0.3, 0.4) is 0 Å². The van der Waals surface area contributed by atoms with E-state index in [1.165, 1.54) is 0 Å². The maximum Gasteiger partial charge on any atom is 0.262 e. The molecule has 0 saturated carbocycles. The van der Waals surface area contributed by atoms with Gasteiger partial charge >= 0.3 is 0 Å². The van der Waals surface area contributed by atoms with Crippen LogP contribution in [0.5, 0.6) is 5.75 Å². The molecule has 1 aromatic carbocycles. The van der Waals surface area contributed by atoms with Gasteiger partial charge in [0.05, 0.1) is 19.1 Å². The maximum absolute atomic E-state index is 12.9. The van der Waals surface area contributed by atoms with E-state index < -0.39 is 30.8 Å². The molecule has 1 saturated heterocycles. The summed E-state index contributed by atoms with van der Waals surface area (Å²) in [5, 5.41) is 5.61. The molecule has 0 aliphatic carbocycles. The van der Waals surface area contributed by atoms with Gasteiger partial charge in [-0.15, -0.1) is 12.4 Å². The fourth-order valence-corrected chi connectivity index (χ4v) is 2.10. The lowest BCUT2D eigenvalue weighted by atomic mass is 10.2. The van der Waals surface area contributed by atoms with E-state index in [1.54, 1.807) is 24.3 Å².